The molecule has 0 radical (unpaired) electrons. The lowest BCUT2D eigenvalue weighted by molar-refractivity contribution is 0.667. The van der Waals surface area contributed by atoms with Gasteiger partial charge in [-0.3, -0.25) is 0 Å². The molecule has 0 spiro atoms. The van der Waals surface area contributed by atoms with Crippen LogP contribution < -0.4 is 9.80 Å². The van der Waals surface area contributed by atoms with Gasteiger partial charge in [-0.05, 0) is 94.7 Å². The summed E-state index contributed by atoms with van der Waals surface area (Å²) < 4.78 is 13.6. The van der Waals surface area contributed by atoms with Crippen LogP contribution in [0.4, 0.5) is 34.1 Å². The molecule has 0 saturated carbocycles. The van der Waals surface area contributed by atoms with E-state index in [1.165, 1.54) is 16.3 Å². The van der Waals surface area contributed by atoms with Crippen LogP contribution in [0.25, 0.3) is 65.8 Å². The highest BCUT2D eigenvalue weighted by Crippen LogP contribution is 2.47. The van der Waals surface area contributed by atoms with E-state index in [1.54, 1.807) is 0 Å². The van der Waals surface area contributed by atoms with Crippen molar-refractivity contribution in [2.45, 2.75) is 0 Å². The van der Waals surface area contributed by atoms with E-state index in [0.717, 1.165) is 83.6 Å². The zero-order valence-electron chi connectivity index (χ0n) is 30.3. The molecular weight excluding hydrogens is 685 g/mol. The summed E-state index contributed by atoms with van der Waals surface area (Å²) in [5, 5.41) is 6.75. The summed E-state index contributed by atoms with van der Waals surface area (Å²) in [5.74, 6) is 0. The number of fused-ring (bicyclic) bond motifs is 7. The molecular formula is C52H34N2O2. The number of rotatable bonds is 7. The first kappa shape index (κ1) is 31.9. The molecule has 0 N–H and O–H groups in total. The maximum absolute atomic E-state index is 7.13. The number of para-hydroxylation sites is 5. The van der Waals surface area contributed by atoms with Gasteiger partial charge in [0.1, 0.15) is 11.2 Å². The van der Waals surface area contributed by atoms with Crippen LogP contribution in [0.5, 0.6) is 0 Å². The molecule has 2 heterocycles. The molecule has 9 aromatic carbocycles. The predicted octanol–water partition coefficient (Wildman–Crippen LogP) is 15.2. The monoisotopic (exact) mass is 718 g/mol. The van der Waals surface area contributed by atoms with Gasteiger partial charge in [0.25, 0.3) is 0 Å². The van der Waals surface area contributed by atoms with Gasteiger partial charge in [0.2, 0.25) is 0 Å². The first-order chi connectivity index (χ1) is 27.8. The second kappa shape index (κ2) is 13.1. The number of hydrogen-bond donors (Lipinski definition) is 0. The van der Waals surface area contributed by atoms with Gasteiger partial charge in [-0.25, -0.2) is 0 Å². The van der Waals surface area contributed by atoms with Crippen LogP contribution >= 0.6 is 0 Å². The summed E-state index contributed by atoms with van der Waals surface area (Å²) in [6, 6.07) is 72.5. The smallest absolute Gasteiger partial charge is 0.159 e. The lowest BCUT2D eigenvalue weighted by Crippen LogP contribution is -2.10. The van der Waals surface area contributed by atoms with E-state index in [9.17, 15) is 0 Å². The number of hydrogen-bond acceptors (Lipinski definition) is 4. The highest BCUT2D eigenvalue weighted by Gasteiger charge is 2.24. The standard InChI is InChI=1S/C52H34N2O2/c1-3-15-39(16-4-1)53(40-17-5-2-6-18-40)47-22-11-20-45-46-21-12-23-48(52(46)56-51(45)47)54(42-31-32-44-43-19-9-10-24-49(43)55-50(44)34-42)41-29-27-36(28-30-41)38-26-25-35-13-7-8-14-37(35)33-38/h1-34H. The molecule has 11 aromatic rings. The van der Waals surface area contributed by atoms with Crippen molar-refractivity contribution in [2.75, 3.05) is 9.80 Å². The first-order valence-corrected chi connectivity index (χ1v) is 18.9. The van der Waals surface area contributed by atoms with Gasteiger partial charge < -0.3 is 18.6 Å². The Morgan fingerprint density at radius 3 is 1.50 bits per heavy atom. The average Bonchev–Trinajstić information content (AvgIpc) is 3.84. The van der Waals surface area contributed by atoms with Gasteiger partial charge in [0.15, 0.2) is 11.2 Å². The van der Waals surface area contributed by atoms with Gasteiger partial charge in [-0.15, -0.1) is 0 Å². The lowest BCUT2D eigenvalue weighted by Gasteiger charge is -2.26. The molecule has 264 valence electrons. The Balaban J connectivity index is 1.11. The van der Waals surface area contributed by atoms with Crippen LogP contribution in [0.3, 0.4) is 0 Å². The van der Waals surface area contributed by atoms with Gasteiger partial charge in [0, 0.05) is 44.7 Å². The van der Waals surface area contributed by atoms with Crippen molar-refractivity contribution in [3.05, 3.63) is 206 Å². The van der Waals surface area contributed by atoms with Crippen molar-refractivity contribution in [3.63, 3.8) is 0 Å². The molecule has 0 atom stereocenters. The molecule has 0 bridgehead atoms. The summed E-state index contributed by atoms with van der Waals surface area (Å²) in [7, 11) is 0. The minimum absolute atomic E-state index is 0.805. The van der Waals surface area contributed by atoms with E-state index in [1.807, 2.05) is 24.3 Å². The van der Waals surface area contributed by atoms with Gasteiger partial charge in [-0.1, -0.05) is 127 Å². The van der Waals surface area contributed by atoms with Crippen LogP contribution in [-0.4, -0.2) is 0 Å². The molecule has 11 rings (SSSR count). The summed E-state index contributed by atoms with van der Waals surface area (Å²) >= 11 is 0. The van der Waals surface area contributed by atoms with Crippen LogP contribution in [0, 0.1) is 0 Å². The van der Waals surface area contributed by atoms with Crippen LogP contribution in [-0.2, 0) is 0 Å². The molecule has 2 aromatic heterocycles. The number of benzene rings is 9. The Kier molecular flexibility index (Phi) is 7.46. The maximum Gasteiger partial charge on any atom is 0.159 e. The van der Waals surface area contributed by atoms with Gasteiger partial charge >= 0.3 is 0 Å². The normalized spacial score (nSPS) is 11.6. The van der Waals surface area contributed by atoms with E-state index in [4.69, 9.17) is 8.83 Å². The van der Waals surface area contributed by atoms with Crippen molar-refractivity contribution in [1.82, 2.24) is 0 Å². The fraction of sp³-hybridized carbons (Fsp3) is 0. The Hall–Kier alpha value is -7.56. The Labute approximate surface area is 323 Å². The highest BCUT2D eigenvalue weighted by atomic mass is 16.3. The molecule has 4 heteroatoms. The predicted molar refractivity (Wildman–Crippen MR) is 233 cm³/mol. The van der Waals surface area contributed by atoms with E-state index in [-0.39, 0.29) is 0 Å². The number of nitrogens with zero attached hydrogens (tertiary/aromatic N) is 2. The molecule has 0 unspecified atom stereocenters. The Bertz CT molecular complexity index is 3160. The number of furan rings is 2. The summed E-state index contributed by atoms with van der Waals surface area (Å²) in [5.41, 5.74) is 11.7. The van der Waals surface area contributed by atoms with Crippen LogP contribution in [0.15, 0.2) is 215 Å². The van der Waals surface area contributed by atoms with E-state index in [0.29, 0.717) is 0 Å². The van der Waals surface area contributed by atoms with Gasteiger partial charge in [0.05, 0.1) is 17.1 Å². The first-order valence-electron chi connectivity index (χ1n) is 18.9. The zero-order valence-corrected chi connectivity index (χ0v) is 30.3. The van der Waals surface area contributed by atoms with Crippen molar-refractivity contribution < 1.29 is 8.83 Å². The third-order valence-electron chi connectivity index (χ3n) is 10.8. The minimum atomic E-state index is 0.805. The molecule has 0 aliphatic rings. The molecule has 0 fully saturated rings. The topological polar surface area (TPSA) is 32.8 Å². The molecule has 56 heavy (non-hydrogen) atoms. The van der Waals surface area contributed by atoms with Crippen molar-refractivity contribution >= 4 is 88.8 Å². The van der Waals surface area contributed by atoms with Crippen molar-refractivity contribution in [1.29, 1.82) is 0 Å². The second-order valence-electron chi connectivity index (χ2n) is 14.1. The van der Waals surface area contributed by atoms with E-state index < -0.39 is 0 Å². The molecule has 4 nitrogen and oxygen atoms in total. The SMILES string of the molecule is c1ccc(N(c2ccccc2)c2cccc3c2oc2c(N(c4ccc(-c5ccc6ccccc6c5)cc4)c4ccc5c(c4)oc4ccccc45)cccc23)cc1. The number of anilines is 6. The highest BCUT2D eigenvalue weighted by molar-refractivity contribution is 6.14. The fourth-order valence-electron chi connectivity index (χ4n) is 8.18. The fourth-order valence-corrected chi connectivity index (χ4v) is 8.18. The zero-order chi connectivity index (χ0) is 37.0. The van der Waals surface area contributed by atoms with E-state index >= 15 is 0 Å². The van der Waals surface area contributed by atoms with Crippen LogP contribution in [0.1, 0.15) is 0 Å². The summed E-state index contributed by atoms with van der Waals surface area (Å²) in [6.07, 6.45) is 0. The molecule has 0 aliphatic carbocycles. The Morgan fingerprint density at radius 2 is 0.804 bits per heavy atom. The second-order valence-corrected chi connectivity index (χ2v) is 14.1. The largest absolute Gasteiger partial charge is 0.456 e. The minimum Gasteiger partial charge on any atom is -0.456 e. The van der Waals surface area contributed by atoms with Crippen molar-refractivity contribution in [3.8, 4) is 11.1 Å². The van der Waals surface area contributed by atoms with Gasteiger partial charge in [-0.2, -0.15) is 0 Å². The summed E-state index contributed by atoms with van der Waals surface area (Å²) in [4.78, 5) is 4.55. The quantitative estimate of drug-likeness (QED) is 0.164. The van der Waals surface area contributed by atoms with Crippen LogP contribution in [0.2, 0.25) is 0 Å². The molecule has 0 aliphatic heterocycles. The maximum atomic E-state index is 7.13. The van der Waals surface area contributed by atoms with E-state index in [2.05, 4.69) is 192 Å². The average molecular weight is 719 g/mol. The third-order valence-corrected chi connectivity index (χ3v) is 10.8. The third kappa shape index (κ3) is 5.31. The Morgan fingerprint density at radius 1 is 0.286 bits per heavy atom. The summed E-state index contributed by atoms with van der Waals surface area (Å²) in [6.45, 7) is 0. The molecule has 0 amide bonds. The van der Waals surface area contributed by atoms with Crippen molar-refractivity contribution in [2.24, 2.45) is 0 Å². The lowest BCUT2D eigenvalue weighted by atomic mass is 10.0. The molecule has 0 saturated heterocycles.